The van der Waals surface area contributed by atoms with Crippen LogP contribution in [0.25, 0.3) is 0 Å². The fourth-order valence-corrected chi connectivity index (χ4v) is 4.22. The summed E-state index contributed by atoms with van der Waals surface area (Å²) in [5, 5.41) is 9.90. The third-order valence-electron chi connectivity index (χ3n) is 5.49. The van der Waals surface area contributed by atoms with Crippen molar-refractivity contribution in [2.75, 3.05) is 33.3 Å². The standard InChI is InChI=1S/C20H39N5O2.HI/c1-5-27-20(26)24-17(12-15(2)3)13-22-19(21-4)23-16-10-11-25(14-16)18-8-6-7-9-18;/h15-18H,5-14H2,1-4H3,(H,24,26)(H2,21,22,23);1H. The highest BCUT2D eigenvalue weighted by Gasteiger charge is 2.30. The molecule has 164 valence electrons. The second-order valence-electron chi connectivity index (χ2n) is 8.21. The van der Waals surface area contributed by atoms with Gasteiger partial charge in [0.2, 0.25) is 0 Å². The molecule has 2 fully saturated rings. The summed E-state index contributed by atoms with van der Waals surface area (Å²) in [4.78, 5) is 18.8. The molecule has 0 bridgehead atoms. The van der Waals surface area contributed by atoms with E-state index in [1.54, 1.807) is 7.05 Å². The lowest BCUT2D eigenvalue weighted by molar-refractivity contribution is 0.146. The van der Waals surface area contributed by atoms with Crippen LogP contribution in [0.1, 0.15) is 59.3 Å². The molecule has 1 saturated heterocycles. The molecular formula is C20H40IN5O2. The lowest BCUT2D eigenvalue weighted by atomic mass is 10.0. The van der Waals surface area contributed by atoms with Crippen LogP contribution in [-0.4, -0.2) is 68.4 Å². The number of alkyl carbamates (subject to hydrolysis) is 1. The first-order chi connectivity index (χ1) is 13.0. The van der Waals surface area contributed by atoms with E-state index in [1.807, 2.05) is 6.92 Å². The molecule has 1 aliphatic heterocycles. The Balaban J connectivity index is 0.00000392. The van der Waals surface area contributed by atoms with Gasteiger partial charge in [-0.15, -0.1) is 24.0 Å². The number of halogens is 1. The number of nitrogens with zero attached hydrogens (tertiary/aromatic N) is 2. The minimum absolute atomic E-state index is 0. The Kier molecular flexibility index (Phi) is 12.1. The van der Waals surface area contributed by atoms with Crippen molar-refractivity contribution in [2.24, 2.45) is 10.9 Å². The molecule has 0 aromatic carbocycles. The molecule has 7 nitrogen and oxygen atoms in total. The fraction of sp³-hybridized carbons (Fsp3) is 0.900. The zero-order valence-corrected chi connectivity index (χ0v) is 20.3. The van der Waals surface area contributed by atoms with Gasteiger partial charge in [-0.05, 0) is 38.5 Å². The molecule has 1 heterocycles. The van der Waals surface area contributed by atoms with E-state index in [-0.39, 0.29) is 36.1 Å². The number of aliphatic imine (C=N–C) groups is 1. The Morgan fingerprint density at radius 3 is 2.57 bits per heavy atom. The highest BCUT2D eigenvalue weighted by atomic mass is 127. The van der Waals surface area contributed by atoms with Crippen LogP contribution in [0.4, 0.5) is 4.79 Å². The number of likely N-dealkylation sites (tertiary alicyclic amines) is 1. The molecular weight excluding hydrogens is 469 g/mol. The van der Waals surface area contributed by atoms with Crippen molar-refractivity contribution >= 4 is 36.0 Å². The largest absolute Gasteiger partial charge is 0.450 e. The van der Waals surface area contributed by atoms with Gasteiger partial charge in [0.05, 0.1) is 6.61 Å². The molecule has 1 aliphatic carbocycles. The van der Waals surface area contributed by atoms with Crippen LogP contribution in [0.15, 0.2) is 4.99 Å². The quantitative estimate of drug-likeness (QED) is 0.267. The van der Waals surface area contributed by atoms with E-state index in [1.165, 1.54) is 32.2 Å². The summed E-state index contributed by atoms with van der Waals surface area (Å²) < 4.78 is 5.03. The number of guanidine groups is 1. The fourth-order valence-electron chi connectivity index (χ4n) is 4.22. The molecule has 3 N–H and O–H groups in total. The first-order valence-electron chi connectivity index (χ1n) is 10.7. The molecule has 2 unspecified atom stereocenters. The SMILES string of the molecule is CCOC(=O)NC(CNC(=NC)NC1CCN(C2CCCC2)C1)CC(C)C.I. The topological polar surface area (TPSA) is 78.0 Å². The van der Waals surface area contributed by atoms with Gasteiger partial charge in [-0.1, -0.05) is 26.7 Å². The van der Waals surface area contributed by atoms with Crippen molar-refractivity contribution in [3.8, 4) is 0 Å². The summed E-state index contributed by atoms with van der Waals surface area (Å²) in [6, 6.07) is 1.25. The average Bonchev–Trinajstić information content (AvgIpc) is 3.29. The van der Waals surface area contributed by atoms with Crippen LogP contribution in [0.5, 0.6) is 0 Å². The summed E-state index contributed by atoms with van der Waals surface area (Å²) >= 11 is 0. The molecule has 2 rings (SSSR count). The molecule has 1 saturated carbocycles. The van der Waals surface area contributed by atoms with Gasteiger partial charge in [0, 0.05) is 44.8 Å². The Morgan fingerprint density at radius 2 is 1.96 bits per heavy atom. The number of rotatable bonds is 8. The van der Waals surface area contributed by atoms with Crippen LogP contribution < -0.4 is 16.0 Å². The monoisotopic (exact) mass is 509 g/mol. The maximum atomic E-state index is 11.8. The molecule has 28 heavy (non-hydrogen) atoms. The van der Waals surface area contributed by atoms with E-state index in [4.69, 9.17) is 4.74 Å². The molecule has 1 amide bonds. The van der Waals surface area contributed by atoms with Gasteiger partial charge < -0.3 is 20.7 Å². The van der Waals surface area contributed by atoms with Crippen molar-refractivity contribution in [1.82, 2.24) is 20.9 Å². The zero-order valence-electron chi connectivity index (χ0n) is 18.0. The smallest absolute Gasteiger partial charge is 0.407 e. The van der Waals surface area contributed by atoms with E-state index >= 15 is 0 Å². The predicted octanol–water partition coefficient (Wildman–Crippen LogP) is 2.95. The van der Waals surface area contributed by atoms with Crippen molar-refractivity contribution in [3.63, 3.8) is 0 Å². The maximum absolute atomic E-state index is 11.8. The number of hydrogen-bond donors (Lipinski definition) is 3. The summed E-state index contributed by atoms with van der Waals surface area (Å²) in [5.74, 6) is 1.30. The van der Waals surface area contributed by atoms with Crippen LogP contribution in [-0.2, 0) is 4.74 Å². The maximum Gasteiger partial charge on any atom is 0.407 e. The molecule has 0 aromatic rings. The molecule has 2 aliphatic rings. The number of nitrogens with one attached hydrogen (secondary N) is 3. The first-order valence-corrected chi connectivity index (χ1v) is 10.7. The minimum atomic E-state index is -0.351. The lowest BCUT2D eigenvalue weighted by Gasteiger charge is -2.25. The van der Waals surface area contributed by atoms with Gasteiger partial charge in [-0.2, -0.15) is 0 Å². The lowest BCUT2D eigenvalue weighted by Crippen LogP contribution is -2.50. The van der Waals surface area contributed by atoms with Crippen molar-refractivity contribution in [3.05, 3.63) is 0 Å². The predicted molar refractivity (Wildman–Crippen MR) is 126 cm³/mol. The summed E-state index contributed by atoms with van der Waals surface area (Å²) in [6.07, 6.45) is 7.18. The molecule has 0 radical (unpaired) electrons. The molecule has 2 atom stereocenters. The number of amides is 1. The van der Waals surface area contributed by atoms with Crippen molar-refractivity contribution in [1.29, 1.82) is 0 Å². The van der Waals surface area contributed by atoms with Crippen LogP contribution in [0, 0.1) is 5.92 Å². The highest BCUT2D eigenvalue weighted by molar-refractivity contribution is 14.0. The molecule has 0 aromatic heterocycles. The Morgan fingerprint density at radius 1 is 1.25 bits per heavy atom. The summed E-state index contributed by atoms with van der Waals surface area (Å²) in [5.41, 5.74) is 0. The number of hydrogen-bond acceptors (Lipinski definition) is 4. The van der Waals surface area contributed by atoms with Crippen molar-refractivity contribution < 1.29 is 9.53 Å². The number of ether oxygens (including phenoxy) is 1. The summed E-state index contributed by atoms with van der Waals surface area (Å²) in [6.45, 7) is 9.43. The van der Waals surface area contributed by atoms with Gasteiger partial charge in [-0.25, -0.2) is 4.79 Å². The van der Waals surface area contributed by atoms with Gasteiger partial charge in [-0.3, -0.25) is 9.89 Å². The second kappa shape index (κ2) is 13.5. The Bertz CT molecular complexity index is 483. The molecule has 8 heteroatoms. The van der Waals surface area contributed by atoms with Gasteiger partial charge in [0.1, 0.15) is 0 Å². The third kappa shape index (κ3) is 8.71. The zero-order chi connectivity index (χ0) is 19.6. The van der Waals surface area contributed by atoms with Crippen LogP contribution in [0.3, 0.4) is 0 Å². The van der Waals surface area contributed by atoms with Crippen LogP contribution >= 0.6 is 24.0 Å². The highest BCUT2D eigenvalue weighted by Crippen LogP contribution is 2.26. The summed E-state index contributed by atoms with van der Waals surface area (Å²) in [7, 11) is 1.80. The van der Waals surface area contributed by atoms with E-state index < -0.39 is 0 Å². The van der Waals surface area contributed by atoms with E-state index in [0.717, 1.165) is 31.4 Å². The average molecular weight is 509 g/mol. The number of carbonyl (C=O) groups is 1. The minimum Gasteiger partial charge on any atom is -0.450 e. The van der Waals surface area contributed by atoms with Gasteiger partial charge >= 0.3 is 6.09 Å². The van der Waals surface area contributed by atoms with Gasteiger partial charge in [0.15, 0.2) is 5.96 Å². The first kappa shape index (κ1) is 25.3. The second-order valence-corrected chi connectivity index (χ2v) is 8.21. The Labute approximate surface area is 187 Å². The number of carbonyl (C=O) groups excluding carboxylic acids is 1. The Hall–Kier alpha value is -0.770. The van der Waals surface area contributed by atoms with Crippen LogP contribution in [0.2, 0.25) is 0 Å². The van der Waals surface area contributed by atoms with Gasteiger partial charge in [0.25, 0.3) is 0 Å². The van der Waals surface area contributed by atoms with E-state index in [9.17, 15) is 4.79 Å². The molecule has 0 spiro atoms. The normalized spacial score (nSPS) is 22.0. The van der Waals surface area contributed by atoms with E-state index in [0.29, 0.717) is 25.1 Å². The third-order valence-corrected chi connectivity index (χ3v) is 5.49. The van der Waals surface area contributed by atoms with E-state index in [2.05, 4.69) is 39.7 Å². The van der Waals surface area contributed by atoms with Crippen molar-refractivity contribution in [2.45, 2.75) is 77.4 Å².